The maximum absolute atomic E-state index is 10.5. The van der Waals surface area contributed by atoms with Crippen LogP contribution in [0.3, 0.4) is 0 Å². The smallest absolute Gasteiger partial charge is 0.149 e. The van der Waals surface area contributed by atoms with Crippen LogP contribution in [-0.4, -0.2) is 35.8 Å². The second-order valence-electron chi connectivity index (χ2n) is 4.96. The molecule has 116 valence electrons. The fourth-order valence-corrected chi connectivity index (χ4v) is 2.88. The van der Waals surface area contributed by atoms with Gasteiger partial charge in [0.15, 0.2) is 0 Å². The van der Waals surface area contributed by atoms with Crippen LogP contribution >= 0.6 is 11.6 Å². The third-order valence-corrected chi connectivity index (χ3v) is 3.89. The minimum atomic E-state index is -0.713. The van der Waals surface area contributed by atoms with Crippen molar-refractivity contribution in [2.45, 2.75) is 12.6 Å². The summed E-state index contributed by atoms with van der Waals surface area (Å²) in [4.78, 5) is 10.2. The van der Waals surface area contributed by atoms with Crippen molar-refractivity contribution in [3.8, 4) is 11.5 Å². The molecule has 1 aliphatic heterocycles. The van der Waals surface area contributed by atoms with Crippen molar-refractivity contribution < 1.29 is 14.6 Å². The number of rotatable bonds is 3. The van der Waals surface area contributed by atoms with Crippen molar-refractivity contribution >= 4 is 17.4 Å². The highest BCUT2D eigenvalue weighted by atomic mass is 35.5. The first-order valence-electron chi connectivity index (χ1n) is 6.78. The molecule has 1 N–H and O–H groups in total. The van der Waals surface area contributed by atoms with Crippen LogP contribution in [-0.2, 0) is 6.54 Å². The lowest BCUT2D eigenvalue weighted by Crippen LogP contribution is -2.34. The number of aromatic nitrogens is 2. The monoisotopic (exact) mass is 321 g/mol. The number of benzene rings is 1. The Kier molecular flexibility index (Phi) is 4.04. The van der Waals surface area contributed by atoms with Crippen LogP contribution in [0, 0.1) is 0 Å². The summed E-state index contributed by atoms with van der Waals surface area (Å²) in [6.45, 7) is 0.910. The maximum Gasteiger partial charge on any atom is 0.149 e. The van der Waals surface area contributed by atoms with Crippen molar-refractivity contribution in [1.82, 2.24) is 9.97 Å². The summed E-state index contributed by atoms with van der Waals surface area (Å²) in [6, 6.07) is 3.63. The third kappa shape index (κ3) is 2.55. The number of aliphatic hydroxyl groups is 1. The summed E-state index contributed by atoms with van der Waals surface area (Å²) in [7, 11) is 3.19. The number of ether oxygens (including phenoxy) is 2. The number of aliphatic hydroxyl groups excluding tert-OH is 1. The average Bonchev–Trinajstić information content (AvgIpc) is 2.53. The van der Waals surface area contributed by atoms with E-state index in [1.165, 1.54) is 6.20 Å². The molecule has 0 amide bonds. The second kappa shape index (κ2) is 5.98. The number of β-amino-alcohol motifs (C(OH)–C–C–N with tert-alkyl or cyclic N) is 1. The van der Waals surface area contributed by atoms with E-state index in [1.807, 2.05) is 11.0 Å². The third-order valence-electron chi connectivity index (χ3n) is 3.71. The summed E-state index contributed by atoms with van der Waals surface area (Å²) in [6.07, 6.45) is 2.38. The number of fused-ring (bicyclic) bond motifs is 1. The van der Waals surface area contributed by atoms with Gasteiger partial charge in [0.2, 0.25) is 0 Å². The van der Waals surface area contributed by atoms with Gasteiger partial charge in [0.05, 0.1) is 33.2 Å². The number of halogens is 1. The molecule has 7 heteroatoms. The van der Waals surface area contributed by atoms with E-state index in [0.717, 1.165) is 11.1 Å². The molecule has 2 aromatic rings. The van der Waals surface area contributed by atoms with Gasteiger partial charge in [0, 0.05) is 17.7 Å². The summed E-state index contributed by atoms with van der Waals surface area (Å²) in [5, 5.41) is 10.9. The molecule has 22 heavy (non-hydrogen) atoms. The molecule has 2 heterocycles. The molecule has 1 aromatic heterocycles. The minimum absolute atomic E-state index is 0.315. The van der Waals surface area contributed by atoms with Crippen LogP contribution in [0.1, 0.15) is 17.2 Å². The van der Waals surface area contributed by atoms with Crippen molar-refractivity contribution in [3.05, 3.63) is 40.8 Å². The van der Waals surface area contributed by atoms with E-state index in [4.69, 9.17) is 21.1 Å². The zero-order chi connectivity index (χ0) is 15.7. The van der Waals surface area contributed by atoms with Gasteiger partial charge < -0.3 is 19.5 Å². The second-order valence-corrected chi connectivity index (χ2v) is 5.35. The Hall–Kier alpha value is -2.05. The zero-order valence-corrected chi connectivity index (χ0v) is 13.0. The van der Waals surface area contributed by atoms with Crippen molar-refractivity contribution in [2.24, 2.45) is 0 Å². The van der Waals surface area contributed by atoms with Gasteiger partial charge in [-0.1, -0.05) is 11.6 Å². The molecule has 0 aliphatic carbocycles. The number of nitrogens with zero attached hydrogens (tertiary/aromatic N) is 3. The first-order valence-corrected chi connectivity index (χ1v) is 7.16. The van der Waals surface area contributed by atoms with E-state index in [-0.39, 0.29) is 0 Å². The standard InChI is InChI=1S/C15H16ClN3O3/c1-21-11-3-4-12(22-2)15-9(11)7-19(8-10(15)20)14-6-17-5-13(16)18-14/h3-6,10,20H,7-8H2,1-2H3/t10-/m0/s1. The Balaban J connectivity index is 2.04. The van der Waals surface area contributed by atoms with Crippen LogP contribution in [0.25, 0.3) is 0 Å². The van der Waals surface area contributed by atoms with Crippen LogP contribution < -0.4 is 14.4 Å². The van der Waals surface area contributed by atoms with Gasteiger partial charge in [-0.25, -0.2) is 4.98 Å². The molecule has 0 saturated carbocycles. The molecule has 0 saturated heterocycles. The number of methoxy groups -OCH3 is 2. The molecule has 0 unspecified atom stereocenters. The van der Waals surface area contributed by atoms with Crippen LogP contribution in [0.4, 0.5) is 5.82 Å². The van der Waals surface area contributed by atoms with Crippen LogP contribution in [0.2, 0.25) is 5.15 Å². The van der Waals surface area contributed by atoms with E-state index in [0.29, 0.717) is 35.6 Å². The van der Waals surface area contributed by atoms with Gasteiger partial charge in [0.1, 0.15) is 28.6 Å². The Morgan fingerprint density at radius 2 is 1.95 bits per heavy atom. The highest BCUT2D eigenvalue weighted by Gasteiger charge is 2.30. The number of anilines is 1. The Labute approximate surface area is 133 Å². The topological polar surface area (TPSA) is 67.7 Å². The van der Waals surface area contributed by atoms with Crippen LogP contribution in [0.5, 0.6) is 11.5 Å². The molecule has 1 atom stereocenters. The molecule has 3 rings (SSSR count). The first-order chi connectivity index (χ1) is 10.6. The lowest BCUT2D eigenvalue weighted by molar-refractivity contribution is 0.169. The predicted octanol–water partition coefficient (Wildman–Crippen LogP) is 2.20. The molecule has 0 bridgehead atoms. The van der Waals surface area contributed by atoms with Crippen molar-refractivity contribution in [1.29, 1.82) is 0 Å². The number of hydrogen-bond acceptors (Lipinski definition) is 6. The molecule has 0 fully saturated rings. The fourth-order valence-electron chi connectivity index (χ4n) is 2.74. The summed E-state index contributed by atoms with van der Waals surface area (Å²) in [5.41, 5.74) is 1.63. The molecule has 1 aliphatic rings. The molecular weight excluding hydrogens is 306 g/mol. The van der Waals surface area contributed by atoms with Gasteiger partial charge in [-0.3, -0.25) is 4.98 Å². The lowest BCUT2D eigenvalue weighted by Gasteiger charge is -2.34. The predicted molar refractivity (Wildman–Crippen MR) is 82.6 cm³/mol. The number of hydrogen-bond donors (Lipinski definition) is 1. The van der Waals surface area contributed by atoms with Gasteiger partial charge in [-0.05, 0) is 12.1 Å². The SMILES string of the molecule is COc1ccc(OC)c2c1CN(c1cncc(Cl)n1)C[C@@H]2O. The van der Waals surface area contributed by atoms with Gasteiger partial charge >= 0.3 is 0 Å². The Morgan fingerprint density at radius 1 is 1.23 bits per heavy atom. The minimum Gasteiger partial charge on any atom is -0.496 e. The van der Waals surface area contributed by atoms with E-state index < -0.39 is 6.10 Å². The largest absolute Gasteiger partial charge is 0.496 e. The Bertz CT molecular complexity index is 696. The summed E-state index contributed by atoms with van der Waals surface area (Å²) < 4.78 is 10.8. The van der Waals surface area contributed by atoms with E-state index in [1.54, 1.807) is 26.5 Å². The molecule has 0 spiro atoms. The first kappa shape index (κ1) is 14.9. The van der Waals surface area contributed by atoms with Crippen molar-refractivity contribution in [2.75, 3.05) is 25.7 Å². The molecular formula is C15H16ClN3O3. The van der Waals surface area contributed by atoms with E-state index in [2.05, 4.69) is 9.97 Å². The van der Waals surface area contributed by atoms with Gasteiger partial charge in [-0.2, -0.15) is 0 Å². The van der Waals surface area contributed by atoms with Gasteiger partial charge in [-0.15, -0.1) is 0 Å². The van der Waals surface area contributed by atoms with E-state index in [9.17, 15) is 5.11 Å². The molecule has 6 nitrogen and oxygen atoms in total. The van der Waals surface area contributed by atoms with E-state index >= 15 is 0 Å². The highest BCUT2D eigenvalue weighted by Crippen LogP contribution is 2.40. The summed E-state index contributed by atoms with van der Waals surface area (Å²) >= 11 is 5.90. The summed E-state index contributed by atoms with van der Waals surface area (Å²) in [5.74, 6) is 1.97. The zero-order valence-electron chi connectivity index (χ0n) is 12.3. The molecule has 1 aromatic carbocycles. The molecule has 0 radical (unpaired) electrons. The Morgan fingerprint density at radius 3 is 2.64 bits per heavy atom. The quantitative estimate of drug-likeness (QED) is 0.934. The maximum atomic E-state index is 10.5. The van der Waals surface area contributed by atoms with Gasteiger partial charge in [0.25, 0.3) is 0 Å². The fraction of sp³-hybridized carbons (Fsp3) is 0.333. The van der Waals surface area contributed by atoms with Crippen LogP contribution in [0.15, 0.2) is 24.5 Å². The van der Waals surface area contributed by atoms with Crippen molar-refractivity contribution in [3.63, 3.8) is 0 Å². The average molecular weight is 322 g/mol. The highest BCUT2D eigenvalue weighted by molar-refractivity contribution is 6.29. The lowest BCUT2D eigenvalue weighted by atomic mass is 9.95. The normalized spacial score (nSPS) is 17.1.